The third-order valence-electron chi connectivity index (χ3n) is 3.68. The SMILES string of the molecule is CC(=O)Oc1cccc(C(=O)Nc2cccc(NC(=O)c3ccncc3)c2)c1. The van der Waals surface area contributed by atoms with Gasteiger partial charge in [0.2, 0.25) is 0 Å². The Balaban J connectivity index is 1.70. The molecule has 140 valence electrons. The summed E-state index contributed by atoms with van der Waals surface area (Å²) in [5, 5.41) is 5.52. The molecule has 0 saturated carbocycles. The van der Waals surface area contributed by atoms with Gasteiger partial charge in [-0.15, -0.1) is 0 Å². The molecular formula is C21H17N3O4. The van der Waals surface area contributed by atoms with Crippen LogP contribution in [-0.2, 0) is 4.79 Å². The highest BCUT2D eigenvalue weighted by atomic mass is 16.5. The summed E-state index contributed by atoms with van der Waals surface area (Å²) in [6.45, 7) is 1.29. The van der Waals surface area contributed by atoms with Crippen LogP contribution >= 0.6 is 0 Å². The maximum absolute atomic E-state index is 12.5. The largest absolute Gasteiger partial charge is 0.427 e. The van der Waals surface area contributed by atoms with E-state index in [-0.39, 0.29) is 11.8 Å². The van der Waals surface area contributed by atoms with Crippen molar-refractivity contribution in [3.63, 3.8) is 0 Å². The summed E-state index contributed by atoms with van der Waals surface area (Å²) < 4.78 is 4.99. The van der Waals surface area contributed by atoms with E-state index >= 15 is 0 Å². The number of carbonyl (C=O) groups is 3. The number of nitrogens with zero attached hydrogens (tertiary/aromatic N) is 1. The van der Waals surface area contributed by atoms with Gasteiger partial charge >= 0.3 is 5.97 Å². The van der Waals surface area contributed by atoms with E-state index in [1.165, 1.54) is 25.4 Å². The molecule has 28 heavy (non-hydrogen) atoms. The zero-order chi connectivity index (χ0) is 19.9. The topological polar surface area (TPSA) is 97.4 Å². The molecule has 0 aliphatic rings. The van der Waals surface area contributed by atoms with Gasteiger partial charge in [-0.2, -0.15) is 0 Å². The highest BCUT2D eigenvalue weighted by molar-refractivity contribution is 6.06. The number of esters is 1. The van der Waals surface area contributed by atoms with Crippen LogP contribution in [0.15, 0.2) is 73.1 Å². The van der Waals surface area contributed by atoms with Crippen molar-refractivity contribution in [2.24, 2.45) is 0 Å². The minimum absolute atomic E-state index is 0.278. The Morgan fingerprint density at radius 1 is 0.786 bits per heavy atom. The summed E-state index contributed by atoms with van der Waals surface area (Å²) in [7, 11) is 0. The molecule has 3 aromatic rings. The third-order valence-corrected chi connectivity index (χ3v) is 3.68. The normalized spacial score (nSPS) is 10.0. The fourth-order valence-electron chi connectivity index (χ4n) is 2.45. The third kappa shape index (κ3) is 5.01. The predicted octanol–water partition coefficient (Wildman–Crippen LogP) is 3.51. The van der Waals surface area contributed by atoms with Crippen LogP contribution in [0.1, 0.15) is 27.6 Å². The lowest BCUT2D eigenvalue weighted by atomic mass is 10.2. The number of amides is 2. The van der Waals surface area contributed by atoms with Gasteiger partial charge < -0.3 is 15.4 Å². The molecule has 7 heteroatoms. The second-order valence-electron chi connectivity index (χ2n) is 5.85. The molecule has 7 nitrogen and oxygen atoms in total. The molecule has 1 aromatic heterocycles. The zero-order valence-corrected chi connectivity index (χ0v) is 15.0. The minimum Gasteiger partial charge on any atom is -0.427 e. The predicted molar refractivity (Wildman–Crippen MR) is 104 cm³/mol. The van der Waals surface area contributed by atoms with E-state index < -0.39 is 5.97 Å². The van der Waals surface area contributed by atoms with Crippen LogP contribution in [0.3, 0.4) is 0 Å². The van der Waals surface area contributed by atoms with Gasteiger partial charge in [-0.05, 0) is 48.5 Å². The number of hydrogen-bond acceptors (Lipinski definition) is 5. The van der Waals surface area contributed by atoms with E-state index in [9.17, 15) is 14.4 Å². The first-order valence-electron chi connectivity index (χ1n) is 8.42. The van der Waals surface area contributed by atoms with Crippen LogP contribution in [0.4, 0.5) is 11.4 Å². The quantitative estimate of drug-likeness (QED) is 0.525. The molecule has 0 unspecified atom stereocenters. The number of benzene rings is 2. The van der Waals surface area contributed by atoms with Gasteiger partial charge in [0.1, 0.15) is 5.75 Å². The van der Waals surface area contributed by atoms with E-state index in [2.05, 4.69) is 15.6 Å². The van der Waals surface area contributed by atoms with Crippen LogP contribution in [0.5, 0.6) is 5.75 Å². The van der Waals surface area contributed by atoms with Gasteiger partial charge in [0.25, 0.3) is 11.8 Å². The van der Waals surface area contributed by atoms with Crippen molar-refractivity contribution < 1.29 is 19.1 Å². The molecule has 0 radical (unpaired) electrons. The molecule has 0 spiro atoms. The number of pyridine rings is 1. The Kier molecular flexibility index (Phi) is 5.76. The number of rotatable bonds is 5. The summed E-state index contributed by atoms with van der Waals surface area (Å²) >= 11 is 0. The molecule has 1 heterocycles. The Morgan fingerprint density at radius 3 is 2.04 bits per heavy atom. The molecule has 3 rings (SSSR count). The molecular weight excluding hydrogens is 358 g/mol. The second kappa shape index (κ2) is 8.59. The highest BCUT2D eigenvalue weighted by Gasteiger charge is 2.10. The number of hydrogen-bond donors (Lipinski definition) is 2. The van der Waals surface area contributed by atoms with Gasteiger partial charge in [-0.3, -0.25) is 19.4 Å². The van der Waals surface area contributed by atoms with Crippen LogP contribution in [-0.4, -0.2) is 22.8 Å². The number of ether oxygens (including phenoxy) is 1. The molecule has 2 amide bonds. The van der Waals surface area contributed by atoms with E-state index in [0.29, 0.717) is 28.3 Å². The summed E-state index contributed by atoms with van der Waals surface area (Å²) in [6.07, 6.45) is 3.07. The number of anilines is 2. The van der Waals surface area contributed by atoms with E-state index in [0.717, 1.165) is 0 Å². The standard InChI is InChI=1S/C21H17N3O4/c1-14(25)28-19-7-2-4-16(12-19)21(27)24-18-6-3-5-17(13-18)23-20(26)15-8-10-22-11-9-15/h2-13H,1H3,(H,23,26)(H,24,27). The first-order valence-corrected chi connectivity index (χ1v) is 8.42. The molecule has 0 fully saturated rings. The smallest absolute Gasteiger partial charge is 0.308 e. The average Bonchev–Trinajstić information content (AvgIpc) is 2.68. The Morgan fingerprint density at radius 2 is 1.39 bits per heavy atom. The Labute approximate surface area is 161 Å². The van der Waals surface area contributed by atoms with Gasteiger partial charge in [-0.1, -0.05) is 12.1 Å². The second-order valence-corrected chi connectivity index (χ2v) is 5.85. The van der Waals surface area contributed by atoms with Crippen molar-refractivity contribution in [2.45, 2.75) is 6.92 Å². The average molecular weight is 375 g/mol. The molecule has 0 aliphatic heterocycles. The molecule has 0 aliphatic carbocycles. The molecule has 0 bridgehead atoms. The minimum atomic E-state index is -0.463. The van der Waals surface area contributed by atoms with Gasteiger partial charge in [0.15, 0.2) is 0 Å². The molecule has 2 N–H and O–H groups in total. The first-order chi connectivity index (χ1) is 13.5. The highest BCUT2D eigenvalue weighted by Crippen LogP contribution is 2.19. The van der Waals surface area contributed by atoms with E-state index in [1.54, 1.807) is 54.6 Å². The zero-order valence-electron chi connectivity index (χ0n) is 15.0. The van der Waals surface area contributed by atoms with Crippen LogP contribution in [0.25, 0.3) is 0 Å². The fourth-order valence-corrected chi connectivity index (χ4v) is 2.45. The Bertz CT molecular complexity index is 1020. The van der Waals surface area contributed by atoms with Crippen LogP contribution in [0.2, 0.25) is 0 Å². The van der Waals surface area contributed by atoms with Gasteiger partial charge in [0.05, 0.1) is 0 Å². The number of aromatic nitrogens is 1. The lowest BCUT2D eigenvalue weighted by Gasteiger charge is -2.10. The monoisotopic (exact) mass is 375 g/mol. The van der Waals surface area contributed by atoms with Gasteiger partial charge in [-0.25, -0.2) is 0 Å². The van der Waals surface area contributed by atoms with Crippen LogP contribution < -0.4 is 15.4 Å². The van der Waals surface area contributed by atoms with E-state index in [1.807, 2.05) is 0 Å². The van der Waals surface area contributed by atoms with Crippen LogP contribution in [0, 0.1) is 0 Å². The van der Waals surface area contributed by atoms with Crippen molar-refractivity contribution in [1.29, 1.82) is 0 Å². The number of nitrogens with one attached hydrogen (secondary N) is 2. The van der Waals surface area contributed by atoms with Crippen molar-refractivity contribution in [3.05, 3.63) is 84.2 Å². The summed E-state index contributed by atoms with van der Waals surface area (Å²) in [6, 6.07) is 16.3. The molecule has 0 atom stereocenters. The van der Waals surface area contributed by atoms with E-state index in [4.69, 9.17) is 4.74 Å². The van der Waals surface area contributed by atoms with Crippen molar-refractivity contribution >= 4 is 29.2 Å². The summed E-state index contributed by atoms with van der Waals surface area (Å²) in [5.74, 6) is -0.819. The molecule has 2 aromatic carbocycles. The summed E-state index contributed by atoms with van der Waals surface area (Å²) in [5.41, 5.74) is 1.86. The molecule has 0 saturated heterocycles. The maximum Gasteiger partial charge on any atom is 0.308 e. The lowest BCUT2D eigenvalue weighted by molar-refractivity contribution is -0.131. The maximum atomic E-state index is 12.5. The lowest BCUT2D eigenvalue weighted by Crippen LogP contribution is -2.14. The summed E-state index contributed by atoms with van der Waals surface area (Å²) in [4.78, 5) is 39.6. The van der Waals surface area contributed by atoms with Crippen molar-refractivity contribution in [3.8, 4) is 5.75 Å². The first kappa shape index (κ1) is 18.8. The van der Waals surface area contributed by atoms with Crippen molar-refractivity contribution in [2.75, 3.05) is 10.6 Å². The van der Waals surface area contributed by atoms with Crippen molar-refractivity contribution in [1.82, 2.24) is 4.98 Å². The fraction of sp³-hybridized carbons (Fsp3) is 0.0476. The number of carbonyl (C=O) groups excluding carboxylic acids is 3. The Hall–Kier alpha value is -4.00. The van der Waals surface area contributed by atoms with Gasteiger partial charge in [0, 0.05) is 41.8 Å².